The first kappa shape index (κ1) is 17.8. The lowest BCUT2D eigenvalue weighted by molar-refractivity contribution is -0.901. The average Bonchev–Trinajstić information content (AvgIpc) is 3.44. The van der Waals surface area contributed by atoms with Gasteiger partial charge in [0.1, 0.15) is 6.54 Å². The fourth-order valence-corrected chi connectivity index (χ4v) is 3.70. The number of hydrogen-bond donors (Lipinski definition) is 2. The molecule has 140 valence electrons. The molecule has 1 aliphatic heterocycles. The Bertz CT molecular complexity index is 871. The Morgan fingerprint density at radius 2 is 1.96 bits per heavy atom. The molecule has 0 saturated carbocycles. The van der Waals surface area contributed by atoms with Crippen LogP contribution in [0.4, 0.5) is 5.69 Å². The molecule has 2 N–H and O–H groups in total. The van der Waals surface area contributed by atoms with E-state index in [1.54, 1.807) is 17.0 Å². The van der Waals surface area contributed by atoms with Crippen LogP contribution in [0.3, 0.4) is 0 Å². The smallest absolute Gasteiger partial charge is 0.284 e. The minimum atomic E-state index is -0.115. The summed E-state index contributed by atoms with van der Waals surface area (Å²) in [6.07, 6.45) is 4.19. The summed E-state index contributed by atoms with van der Waals surface area (Å²) >= 11 is 1.19. The topological polar surface area (TPSA) is 85.6 Å². The van der Waals surface area contributed by atoms with E-state index in [4.69, 9.17) is 8.83 Å². The van der Waals surface area contributed by atoms with Crippen LogP contribution >= 0.6 is 11.8 Å². The predicted molar refractivity (Wildman–Crippen MR) is 101 cm³/mol. The molecule has 1 fully saturated rings. The highest BCUT2D eigenvalue weighted by atomic mass is 32.2. The summed E-state index contributed by atoms with van der Waals surface area (Å²) in [7, 11) is 0. The van der Waals surface area contributed by atoms with Crippen LogP contribution in [0.25, 0.3) is 11.7 Å². The van der Waals surface area contributed by atoms with E-state index >= 15 is 0 Å². The monoisotopic (exact) mass is 385 g/mol. The Hall–Kier alpha value is -2.58. The van der Waals surface area contributed by atoms with Crippen molar-refractivity contribution in [3.63, 3.8) is 0 Å². The molecule has 0 bridgehead atoms. The third-order valence-corrected chi connectivity index (χ3v) is 5.29. The standard InChI is InChI=1S/C19H20N4O3S/c24-17(13-27-19-22-21-18(26-19)16-4-3-11-25-16)20-15-7-5-14(6-8-15)12-23-9-1-2-10-23/h3-8,11H,1-2,9-10,12-13H2,(H,20,24)/p+1. The zero-order valence-electron chi connectivity index (χ0n) is 14.8. The molecule has 0 atom stereocenters. The second-order valence-electron chi connectivity index (χ2n) is 6.52. The molecule has 27 heavy (non-hydrogen) atoms. The van der Waals surface area contributed by atoms with Gasteiger partial charge >= 0.3 is 0 Å². The van der Waals surface area contributed by atoms with Crippen molar-refractivity contribution in [2.75, 3.05) is 24.2 Å². The highest BCUT2D eigenvalue weighted by Gasteiger charge is 2.16. The Balaban J connectivity index is 1.25. The fraction of sp³-hybridized carbons (Fsp3) is 0.316. The summed E-state index contributed by atoms with van der Waals surface area (Å²) in [5, 5.41) is 11.0. The third kappa shape index (κ3) is 4.78. The zero-order valence-corrected chi connectivity index (χ0v) is 15.6. The van der Waals surface area contributed by atoms with Gasteiger partial charge in [-0.3, -0.25) is 4.79 Å². The Kier molecular flexibility index (Phi) is 5.55. The van der Waals surface area contributed by atoms with Gasteiger partial charge in [-0.05, 0) is 24.3 Å². The molecule has 0 spiro atoms. The predicted octanol–water partition coefficient (Wildman–Crippen LogP) is 2.24. The summed E-state index contributed by atoms with van der Waals surface area (Å²) in [6.45, 7) is 3.57. The van der Waals surface area contributed by atoms with E-state index < -0.39 is 0 Å². The first-order valence-electron chi connectivity index (χ1n) is 8.99. The van der Waals surface area contributed by atoms with Crippen LogP contribution in [0, 0.1) is 0 Å². The molecule has 0 aliphatic carbocycles. The van der Waals surface area contributed by atoms with Crippen LogP contribution in [0.1, 0.15) is 18.4 Å². The highest BCUT2D eigenvalue weighted by molar-refractivity contribution is 7.99. The van der Waals surface area contributed by atoms with Crippen LogP contribution in [0.15, 0.2) is 56.7 Å². The normalized spacial score (nSPS) is 14.5. The van der Waals surface area contributed by atoms with Gasteiger partial charge < -0.3 is 19.1 Å². The van der Waals surface area contributed by atoms with E-state index in [9.17, 15) is 4.79 Å². The minimum Gasteiger partial charge on any atom is -0.459 e. The number of likely N-dealkylation sites (tertiary alicyclic amines) is 1. The number of benzene rings is 1. The molecule has 4 rings (SSSR count). The van der Waals surface area contributed by atoms with Crippen molar-refractivity contribution >= 4 is 23.4 Å². The SMILES string of the molecule is O=C(CSc1nnc(-c2ccco2)o1)Nc1ccc(C[NH+]2CCCC2)cc1. The first-order chi connectivity index (χ1) is 13.3. The summed E-state index contributed by atoms with van der Waals surface area (Å²) < 4.78 is 10.7. The van der Waals surface area contributed by atoms with Gasteiger partial charge in [-0.2, -0.15) is 0 Å². The number of carbonyl (C=O) groups excluding carboxylic acids is 1. The van der Waals surface area contributed by atoms with E-state index in [1.807, 2.05) is 12.1 Å². The Morgan fingerprint density at radius 1 is 1.15 bits per heavy atom. The molecule has 1 aromatic carbocycles. The number of hydrogen-bond acceptors (Lipinski definition) is 6. The van der Waals surface area contributed by atoms with Gasteiger partial charge in [0.05, 0.1) is 25.1 Å². The number of thioether (sulfide) groups is 1. The molecule has 1 saturated heterocycles. The lowest BCUT2D eigenvalue weighted by Gasteiger charge is -2.12. The third-order valence-electron chi connectivity index (χ3n) is 4.47. The molecule has 1 aliphatic rings. The second kappa shape index (κ2) is 8.41. The summed E-state index contributed by atoms with van der Waals surface area (Å²) in [5.74, 6) is 0.892. The summed E-state index contributed by atoms with van der Waals surface area (Å²) in [6, 6.07) is 11.6. The number of anilines is 1. The maximum Gasteiger partial charge on any atom is 0.284 e. The van der Waals surface area contributed by atoms with E-state index in [1.165, 1.54) is 49.5 Å². The zero-order chi connectivity index (χ0) is 18.5. The van der Waals surface area contributed by atoms with Crippen molar-refractivity contribution in [2.24, 2.45) is 0 Å². The molecule has 0 unspecified atom stereocenters. The van der Waals surface area contributed by atoms with Gasteiger partial charge in [0, 0.05) is 24.1 Å². The van der Waals surface area contributed by atoms with Crippen LogP contribution in [-0.4, -0.2) is 34.9 Å². The van der Waals surface area contributed by atoms with Crippen LogP contribution < -0.4 is 10.2 Å². The number of carbonyl (C=O) groups is 1. The van der Waals surface area contributed by atoms with Crippen LogP contribution in [-0.2, 0) is 11.3 Å². The minimum absolute atomic E-state index is 0.115. The van der Waals surface area contributed by atoms with E-state index in [0.717, 1.165) is 12.2 Å². The number of nitrogens with zero attached hydrogens (tertiary/aromatic N) is 2. The Morgan fingerprint density at radius 3 is 2.70 bits per heavy atom. The van der Waals surface area contributed by atoms with Crippen molar-refractivity contribution in [1.82, 2.24) is 10.2 Å². The number of rotatable bonds is 7. The van der Waals surface area contributed by atoms with Gasteiger partial charge in [0.15, 0.2) is 5.76 Å². The quantitative estimate of drug-likeness (QED) is 0.607. The number of quaternary nitrogens is 1. The molecule has 7 nitrogen and oxygen atoms in total. The molecule has 3 aromatic rings. The van der Waals surface area contributed by atoms with Gasteiger partial charge in [-0.25, -0.2) is 0 Å². The summed E-state index contributed by atoms with van der Waals surface area (Å²) in [5.41, 5.74) is 2.10. The first-order valence-corrected chi connectivity index (χ1v) is 9.97. The summed E-state index contributed by atoms with van der Waals surface area (Å²) in [4.78, 5) is 13.8. The molecule has 1 amide bonds. The number of nitrogens with one attached hydrogen (secondary N) is 2. The van der Waals surface area contributed by atoms with Crippen molar-refractivity contribution in [3.8, 4) is 11.7 Å². The lowest BCUT2D eigenvalue weighted by atomic mass is 10.2. The molecular formula is C19H21N4O3S+. The van der Waals surface area contributed by atoms with Crippen molar-refractivity contribution in [3.05, 3.63) is 48.2 Å². The van der Waals surface area contributed by atoms with Crippen molar-refractivity contribution < 1.29 is 18.5 Å². The van der Waals surface area contributed by atoms with Crippen LogP contribution in [0.5, 0.6) is 0 Å². The maximum atomic E-state index is 12.1. The molecule has 3 heterocycles. The van der Waals surface area contributed by atoms with E-state index in [-0.39, 0.29) is 11.7 Å². The molecular weight excluding hydrogens is 364 g/mol. The van der Waals surface area contributed by atoms with Gasteiger partial charge in [-0.1, -0.05) is 23.9 Å². The van der Waals surface area contributed by atoms with E-state index in [0.29, 0.717) is 16.9 Å². The number of aromatic nitrogens is 2. The van der Waals surface area contributed by atoms with Gasteiger partial charge in [0.25, 0.3) is 11.1 Å². The van der Waals surface area contributed by atoms with Gasteiger partial charge in [0.2, 0.25) is 5.91 Å². The highest BCUT2D eigenvalue weighted by Crippen LogP contribution is 2.23. The van der Waals surface area contributed by atoms with Crippen LogP contribution in [0.2, 0.25) is 0 Å². The van der Waals surface area contributed by atoms with E-state index in [2.05, 4.69) is 27.6 Å². The molecule has 0 radical (unpaired) electrons. The number of amides is 1. The lowest BCUT2D eigenvalue weighted by Crippen LogP contribution is -3.08. The molecule has 2 aromatic heterocycles. The second-order valence-corrected chi connectivity index (χ2v) is 7.44. The van der Waals surface area contributed by atoms with Gasteiger partial charge in [-0.15, -0.1) is 10.2 Å². The molecule has 8 heteroatoms. The largest absolute Gasteiger partial charge is 0.459 e. The fourth-order valence-electron chi connectivity index (χ4n) is 3.14. The van der Waals surface area contributed by atoms with Crippen molar-refractivity contribution in [1.29, 1.82) is 0 Å². The van der Waals surface area contributed by atoms with Crippen molar-refractivity contribution in [2.45, 2.75) is 24.6 Å². The maximum absolute atomic E-state index is 12.1. The average molecular weight is 385 g/mol. The Labute approximate surface area is 161 Å². The number of furan rings is 1.